The van der Waals surface area contributed by atoms with Crippen LogP contribution < -0.4 is 0 Å². The first-order valence-electron chi connectivity index (χ1n) is 28.6. The molecule has 0 radical (unpaired) electrons. The van der Waals surface area contributed by atoms with Crippen molar-refractivity contribution in [1.29, 1.82) is 0 Å². The maximum Gasteiger partial charge on any atom is 0.361 e. The van der Waals surface area contributed by atoms with Gasteiger partial charge in [-0.05, 0) is 64.2 Å². The number of quaternary nitrogens is 1. The van der Waals surface area contributed by atoms with Crippen LogP contribution >= 0.6 is 0 Å². The summed E-state index contributed by atoms with van der Waals surface area (Å²) in [4.78, 5) is 37.3. The highest BCUT2D eigenvalue weighted by molar-refractivity contribution is 5.71. The molecule has 2 unspecified atom stereocenters. The SMILES string of the molecule is CC/C=C\C/C=C\C/C=C\C/C=C\C/C=C\C/C=C\CCCCCCCCCCCCCCC(=O)OC(COC(=O)CCCCCCCCCCCCCCCC)COC(OCC[N+](C)(C)C)C(=O)O. The summed E-state index contributed by atoms with van der Waals surface area (Å²) in [5, 5.41) is 9.69. The molecule has 0 aromatic carbocycles. The molecule has 0 rings (SSSR count). The van der Waals surface area contributed by atoms with Crippen LogP contribution in [-0.2, 0) is 33.3 Å². The lowest BCUT2D eigenvalue weighted by atomic mass is 10.0. The fourth-order valence-electron chi connectivity index (χ4n) is 7.84. The molecule has 70 heavy (non-hydrogen) atoms. The van der Waals surface area contributed by atoms with E-state index in [9.17, 15) is 19.5 Å². The third kappa shape index (κ3) is 52.6. The van der Waals surface area contributed by atoms with Gasteiger partial charge in [0.05, 0.1) is 34.4 Å². The van der Waals surface area contributed by atoms with Crippen LogP contribution in [-0.4, -0.2) is 87.4 Å². The minimum absolute atomic E-state index is 0.182. The number of allylic oxidation sites excluding steroid dienone is 12. The van der Waals surface area contributed by atoms with E-state index in [4.69, 9.17) is 18.9 Å². The first-order chi connectivity index (χ1) is 34.1. The fourth-order valence-corrected chi connectivity index (χ4v) is 7.84. The van der Waals surface area contributed by atoms with Gasteiger partial charge in [-0.1, -0.05) is 234 Å². The van der Waals surface area contributed by atoms with E-state index >= 15 is 0 Å². The second-order valence-electron chi connectivity index (χ2n) is 20.2. The van der Waals surface area contributed by atoms with Crippen molar-refractivity contribution in [1.82, 2.24) is 0 Å². The highest BCUT2D eigenvalue weighted by Crippen LogP contribution is 2.16. The summed E-state index contributed by atoms with van der Waals surface area (Å²) in [5.41, 5.74) is 0. The number of ether oxygens (including phenoxy) is 4. The number of carbonyl (C=O) groups excluding carboxylic acids is 2. The standard InChI is InChI=1S/C61H107NO8/c1-6-8-10-12-14-16-18-20-22-23-24-25-26-27-28-29-30-31-32-33-34-35-36-37-38-40-42-44-46-48-50-52-59(64)70-57(56-69-61(60(65)66)67-54-53-62(3,4)5)55-68-58(63)51-49-47-45-43-41-39-21-19-17-15-13-11-9-7-2/h8,10,14,16,20,22,24-25,27-28,30-31,57,61H,6-7,9,11-13,15,17-19,21,23,26,29,32-56H2,1-5H3/p+1/b10-8-,16-14-,22-20-,25-24-,28-27-,31-30-. The number of likely N-dealkylation sites (N-methyl/N-ethyl adjacent to an activating group) is 1. The lowest BCUT2D eigenvalue weighted by Gasteiger charge is -2.25. The van der Waals surface area contributed by atoms with Crippen molar-refractivity contribution in [2.45, 2.75) is 251 Å². The topological polar surface area (TPSA) is 108 Å². The first-order valence-corrected chi connectivity index (χ1v) is 28.6. The van der Waals surface area contributed by atoms with Crippen molar-refractivity contribution >= 4 is 17.9 Å². The number of nitrogens with zero attached hydrogens (tertiary/aromatic N) is 1. The van der Waals surface area contributed by atoms with E-state index < -0.39 is 24.3 Å². The van der Waals surface area contributed by atoms with E-state index in [1.54, 1.807) is 0 Å². The minimum atomic E-state index is -1.51. The van der Waals surface area contributed by atoms with E-state index in [0.29, 0.717) is 17.4 Å². The molecular formula is C61H108NO8+. The zero-order chi connectivity index (χ0) is 51.3. The molecule has 0 aliphatic carbocycles. The predicted octanol–water partition coefficient (Wildman–Crippen LogP) is 16.6. The van der Waals surface area contributed by atoms with Crippen molar-refractivity contribution in [3.8, 4) is 0 Å². The fraction of sp³-hybridized carbons (Fsp3) is 0.754. The van der Waals surface area contributed by atoms with Crippen LogP contribution in [0.1, 0.15) is 239 Å². The second-order valence-corrected chi connectivity index (χ2v) is 20.2. The Labute approximate surface area is 430 Å². The van der Waals surface area contributed by atoms with Gasteiger partial charge in [-0.25, -0.2) is 4.79 Å². The van der Waals surface area contributed by atoms with Gasteiger partial charge in [-0.3, -0.25) is 9.59 Å². The Hall–Kier alpha value is -3.27. The number of unbranched alkanes of at least 4 members (excludes halogenated alkanes) is 25. The molecule has 404 valence electrons. The maximum absolute atomic E-state index is 12.9. The average molecular weight is 984 g/mol. The predicted molar refractivity (Wildman–Crippen MR) is 295 cm³/mol. The molecule has 0 fully saturated rings. The number of hydrogen-bond donors (Lipinski definition) is 1. The van der Waals surface area contributed by atoms with Gasteiger partial charge in [0.2, 0.25) is 0 Å². The minimum Gasteiger partial charge on any atom is -0.477 e. The van der Waals surface area contributed by atoms with Crippen LogP contribution in [0.5, 0.6) is 0 Å². The Balaban J connectivity index is 4.18. The van der Waals surface area contributed by atoms with Crippen LogP contribution in [0.4, 0.5) is 0 Å². The zero-order valence-electron chi connectivity index (χ0n) is 45.9. The van der Waals surface area contributed by atoms with Crippen molar-refractivity contribution in [3.05, 3.63) is 72.9 Å². The summed E-state index contributed by atoms with van der Waals surface area (Å²) in [6, 6.07) is 0. The normalized spacial score (nSPS) is 13.3. The highest BCUT2D eigenvalue weighted by Gasteiger charge is 2.25. The number of carboxylic acids is 1. The van der Waals surface area contributed by atoms with Crippen molar-refractivity contribution in [2.75, 3.05) is 47.5 Å². The number of hydrogen-bond acceptors (Lipinski definition) is 7. The third-order valence-electron chi connectivity index (χ3n) is 12.2. The first kappa shape index (κ1) is 66.7. The van der Waals surface area contributed by atoms with Crippen LogP contribution in [0.2, 0.25) is 0 Å². The molecule has 0 amide bonds. The third-order valence-corrected chi connectivity index (χ3v) is 12.2. The summed E-state index contributed by atoms with van der Waals surface area (Å²) in [7, 11) is 5.97. The van der Waals surface area contributed by atoms with Crippen LogP contribution in [0.3, 0.4) is 0 Å². The Morgan fingerprint density at radius 1 is 0.443 bits per heavy atom. The Bertz CT molecular complexity index is 1380. The molecule has 0 spiro atoms. The maximum atomic E-state index is 12.9. The lowest BCUT2D eigenvalue weighted by Crippen LogP contribution is -2.40. The van der Waals surface area contributed by atoms with Gasteiger partial charge in [0, 0.05) is 12.8 Å². The zero-order valence-corrected chi connectivity index (χ0v) is 45.9. The van der Waals surface area contributed by atoms with Crippen molar-refractivity contribution in [3.63, 3.8) is 0 Å². The number of carboxylic acid groups (broad SMARTS) is 1. The highest BCUT2D eigenvalue weighted by atomic mass is 16.7. The van der Waals surface area contributed by atoms with E-state index in [-0.39, 0.29) is 32.2 Å². The van der Waals surface area contributed by atoms with Gasteiger partial charge in [0.25, 0.3) is 6.29 Å². The summed E-state index contributed by atoms with van der Waals surface area (Å²) in [6.45, 7) is 4.77. The number of aliphatic carboxylic acids is 1. The van der Waals surface area contributed by atoms with Gasteiger partial charge in [-0.2, -0.15) is 0 Å². The quantitative estimate of drug-likeness (QED) is 0.0211. The molecule has 9 heteroatoms. The van der Waals surface area contributed by atoms with Crippen LogP contribution in [0.15, 0.2) is 72.9 Å². The Morgan fingerprint density at radius 2 is 0.814 bits per heavy atom. The van der Waals surface area contributed by atoms with Gasteiger partial charge < -0.3 is 28.5 Å². The second kappa shape index (κ2) is 52.1. The van der Waals surface area contributed by atoms with E-state index in [1.807, 2.05) is 21.1 Å². The molecule has 0 aromatic heterocycles. The number of rotatable bonds is 52. The molecule has 0 saturated carbocycles. The molecule has 0 aromatic rings. The smallest absolute Gasteiger partial charge is 0.361 e. The van der Waals surface area contributed by atoms with Gasteiger partial charge >= 0.3 is 17.9 Å². The largest absolute Gasteiger partial charge is 0.477 e. The van der Waals surface area contributed by atoms with Gasteiger partial charge in [0.15, 0.2) is 6.10 Å². The molecular weight excluding hydrogens is 875 g/mol. The van der Waals surface area contributed by atoms with Gasteiger partial charge in [0.1, 0.15) is 13.2 Å². The molecule has 0 saturated heterocycles. The van der Waals surface area contributed by atoms with Crippen molar-refractivity contribution in [2.24, 2.45) is 0 Å². The summed E-state index contributed by atoms with van der Waals surface area (Å²) in [5.74, 6) is -2.00. The molecule has 0 heterocycles. The average Bonchev–Trinajstić information content (AvgIpc) is 3.33. The summed E-state index contributed by atoms with van der Waals surface area (Å²) < 4.78 is 22.9. The van der Waals surface area contributed by atoms with E-state index in [1.165, 1.54) is 128 Å². The molecule has 0 aliphatic rings. The summed E-state index contributed by atoms with van der Waals surface area (Å²) >= 11 is 0. The monoisotopic (exact) mass is 983 g/mol. The number of carbonyl (C=O) groups is 3. The van der Waals surface area contributed by atoms with Crippen LogP contribution in [0.25, 0.3) is 0 Å². The summed E-state index contributed by atoms with van der Waals surface area (Å²) in [6.07, 6.45) is 64.0. The molecule has 2 atom stereocenters. The molecule has 9 nitrogen and oxygen atoms in total. The molecule has 0 aliphatic heterocycles. The van der Waals surface area contributed by atoms with Crippen molar-refractivity contribution < 1.29 is 42.9 Å². The van der Waals surface area contributed by atoms with Gasteiger partial charge in [-0.15, -0.1) is 0 Å². The van der Waals surface area contributed by atoms with Crippen LogP contribution in [0, 0.1) is 0 Å². The Morgan fingerprint density at radius 3 is 1.21 bits per heavy atom. The Kier molecular flexibility index (Phi) is 49.6. The molecule has 0 bridgehead atoms. The van der Waals surface area contributed by atoms with E-state index in [2.05, 4.69) is 86.8 Å². The molecule has 1 N–H and O–H groups in total. The number of esters is 2. The lowest BCUT2D eigenvalue weighted by molar-refractivity contribution is -0.870. The van der Waals surface area contributed by atoms with E-state index in [0.717, 1.165) is 83.5 Å².